The molecule has 0 amide bonds. The summed E-state index contributed by atoms with van der Waals surface area (Å²) >= 11 is 0. The maximum Gasteiger partial charge on any atom is 0.130 e. The minimum absolute atomic E-state index is 0.145. The monoisotopic (exact) mass is 197 g/mol. The van der Waals surface area contributed by atoms with E-state index in [9.17, 15) is 8.78 Å². The van der Waals surface area contributed by atoms with E-state index in [0.29, 0.717) is 12.1 Å². The first-order valence-electron chi connectivity index (χ1n) is 4.44. The van der Waals surface area contributed by atoms with Gasteiger partial charge >= 0.3 is 0 Å². The number of rotatable bonds is 4. The molecule has 3 heteroatoms. The number of halogens is 2. The lowest BCUT2D eigenvalue weighted by Crippen LogP contribution is -2.19. The number of hydrogen-bond donors (Lipinski definition) is 1. The topological polar surface area (TPSA) is 12.0 Å². The van der Waals surface area contributed by atoms with Gasteiger partial charge in [-0.1, -0.05) is 12.1 Å². The van der Waals surface area contributed by atoms with Gasteiger partial charge in [-0.05, 0) is 13.0 Å². The normalized spacial score (nSPS) is 12.5. The lowest BCUT2D eigenvalue weighted by atomic mass is 10.1. The van der Waals surface area contributed by atoms with Crippen molar-refractivity contribution >= 4 is 0 Å². The molecule has 0 aromatic heterocycles. The summed E-state index contributed by atoms with van der Waals surface area (Å²) in [6, 6.07) is 3.45. The summed E-state index contributed by atoms with van der Waals surface area (Å²) in [6.07, 6.45) is 1.69. The zero-order valence-electron chi connectivity index (χ0n) is 8.06. The van der Waals surface area contributed by atoms with Crippen LogP contribution in [-0.2, 0) is 0 Å². The van der Waals surface area contributed by atoms with Crippen LogP contribution in [0.25, 0.3) is 0 Å². The third-order valence-corrected chi connectivity index (χ3v) is 2.00. The van der Waals surface area contributed by atoms with E-state index in [-0.39, 0.29) is 6.04 Å². The first-order valence-corrected chi connectivity index (χ1v) is 4.44. The molecule has 1 atom stereocenters. The molecular weight excluding hydrogens is 184 g/mol. The van der Waals surface area contributed by atoms with Crippen molar-refractivity contribution in [2.24, 2.45) is 0 Å². The fraction of sp³-hybridized carbons (Fsp3) is 0.273. The number of hydrogen-bond acceptors (Lipinski definition) is 1. The minimum Gasteiger partial charge on any atom is -0.307 e. The quantitative estimate of drug-likeness (QED) is 0.732. The summed E-state index contributed by atoms with van der Waals surface area (Å²) in [4.78, 5) is 0. The highest BCUT2D eigenvalue weighted by Gasteiger charge is 2.09. The average Bonchev–Trinajstić information content (AvgIpc) is 2.14. The SMILES string of the molecule is C=CCN[C@@H](C)c1ccc(F)cc1F. The first-order chi connectivity index (χ1) is 6.65. The van der Waals surface area contributed by atoms with Crippen LogP contribution in [0.15, 0.2) is 30.9 Å². The van der Waals surface area contributed by atoms with Crippen LogP contribution in [0, 0.1) is 11.6 Å². The maximum absolute atomic E-state index is 13.2. The van der Waals surface area contributed by atoms with Crippen molar-refractivity contribution in [2.75, 3.05) is 6.54 Å². The Hall–Kier alpha value is -1.22. The molecule has 14 heavy (non-hydrogen) atoms. The number of nitrogens with one attached hydrogen (secondary N) is 1. The Morgan fingerprint density at radius 1 is 1.50 bits per heavy atom. The Morgan fingerprint density at radius 2 is 2.21 bits per heavy atom. The van der Waals surface area contributed by atoms with E-state index in [2.05, 4.69) is 11.9 Å². The second-order valence-corrected chi connectivity index (χ2v) is 3.08. The van der Waals surface area contributed by atoms with Gasteiger partial charge in [-0.25, -0.2) is 8.78 Å². The Labute approximate surface area is 82.4 Å². The predicted molar refractivity (Wildman–Crippen MR) is 53.0 cm³/mol. The lowest BCUT2D eigenvalue weighted by molar-refractivity contribution is 0.533. The molecule has 0 saturated carbocycles. The largest absolute Gasteiger partial charge is 0.307 e. The summed E-state index contributed by atoms with van der Waals surface area (Å²) in [7, 11) is 0. The molecule has 0 aliphatic heterocycles. The highest BCUT2D eigenvalue weighted by atomic mass is 19.1. The van der Waals surface area contributed by atoms with Crippen molar-refractivity contribution < 1.29 is 8.78 Å². The molecule has 1 aromatic rings. The van der Waals surface area contributed by atoms with Crippen molar-refractivity contribution in [2.45, 2.75) is 13.0 Å². The van der Waals surface area contributed by atoms with E-state index in [1.165, 1.54) is 12.1 Å². The summed E-state index contributed by atoms with van der Waals surface area (Å²) in [5, 5.41) is 3.03. The minimum atomic E-state index is -0.554. The molecule has 1 aromatic carbocycles. The number of benzene rings is 1. The molecule has 0 fully saturated rings. The molecule has 0 bridgehead atoms. The van der Waals surface area contributed by atoms with Gasteiger partial charge in [0.05, 0.1) is 0 Å². The molecule has 0 unspecified atom stereocenters. The van der Waals surface area contributed by atoms with Gasteiger partial charge in [-0.2, -0.15) is 0 Å². The van der Waals surface area contributed by atoms with Gasteiger partial charge in [0.25, 0.3) is 0 Å². The van der Waals surface area contributed by atoms with Crippen LogP contribution < -0.4 is 5.32 Å². The van der Waals surface area contributed by atoms with Crippen LogP contribution in [0.2, 0.25) is 0 Å². The van der Waals surface area contributed by atoms with Gasteiger partial charge in [0, 0.05) is 24.2 Å². The van der Waals surface area contributed by atoms with Crippen LogP contribution in [0.4, 0.5) is 8.78 Å². The van der Waals surface area contributed by atoms with Crippen molar-refractivity contribution in [3.63, 3.8) is 0 Å². The Kier molecular flexibility index (Phi) is 3.77. The van der Waals surface area contributed by atoms with Gasteiger partial charge in [0.2, 0.25) is 0 Å². The van der Waals surface area contributed by atoms with Crippen molar-refractivity contribution in [3.05, 3.63) is 48.1 Å². The zero-order chi connectivity index (χ0) is 10.6. The van der Waals surface area contributed by atoms with Crippen LogP contribution in [0.3, 0.4) is 0 Å². The molecule has 76 valence electrons. The molecule has 0 aliphatic carbocycles. The van der Waals surface area contributed by atoms with Gasteiger partial charge < -0.3 is 5.32 Å². The van der Waals surface area contributed by atoms with Crippen molar-refractivity contribution in [1.82, 2.24) is 5.32 Å². The molecule has 0 aliphatic rings. The molecule has 0 spiro atoms. The molecule has 1 nitrogen and oxygen atoms in total. The highest BCUT2D eigenvalue weighted by molar-refractivity contribution is 5.21. The van der Waals surface area contributed by atoms with E-state index in [1.807, 2.05) is 6.92 Å². The van der Waals surface area contributed by atoms with Crippen LogP contribution >= 0.6 is 0 Å². The Bertz CT molecular complexity index is 323. The van der Waals surface area contributed by atoms with E-state index in [4.69, 9.17) is 0 Å². The second-order valence-electron chi connectivity index (χ2n) is 3.08. The summed E-state index contributed by atoms with van der Waals surface area (Å²) in [6.45, 7) is 5.96. The van der Waals surface area contributed by atoms with E-state index in [0.717, 1.165) is 6.07 Å². The third-order valence-electron chi connectivity index (χ3n) is 2.00. The molecule has 1 rings (SSSR count). The van der Waals surface area contributed by atoms with Crippen LogP contribution in [0.1, 0.15) is 18.5 Å². The fourth-order valence-electron chi connectivity index (χ4n) is 1.22. The lowest BCUT2D eigenvalue weighted by Gasteiger charge is -2.13. The fourth-order valence-corrected chi connectivity index (χ4v) is 1.22. The molecule has 0 saturated heterocycles. The Morgan fingerprint density at radius 3 is 2.79 bits per heavy atom. The molecule has 1 N–H and O–H groups in total. The Balaban J connectivity index is 2.78. The smallest absolute Gasteiger partial charge is 0.130 e. The highest BCUT2D eigenvalue weighted by Crippen LogP contribution is 2.17. The third kappa shape index (κ3) is 2.64. The summed E-state index contributed by atoms with van der Waals surface area (Å²) < 4.78 is 25.8. The van der Waals surface area contributed by atoms with Crippen molar-refractivity contribution in [1.29, 1.82) is 0 Å². The van der Waals surface area contributed by atoms with E-state index < -0.39 is 11.6 Å². The summed E-state index contributed by atoms with van der Waals surface area (Å²) in [5.74, 6) is -1.07. The second kappa shape index (κ2) is 4.86. The van der Waals surface area contributed by atoms with Gasteiger partial charge in [0.15, 0.2) is 0 Å². The van der Waals surface area contributed by atoms with Gasteiger partial charge in [0.1, 0.15) is 11.6 Å². The summed E-state index contributed by atoms with van der Waals surface area (Å²) in [5.41, 5.74) is 0.466. The predicted octanol–water partition coefficient (Wildman–Crippen LogP) is 2.80. The molecule has 0 heterocycles. The van der Waals surface area contributed by atoms with Gasteiger partial charge in [-0.3, -0.25) is 0 Å². The van der Waals surface area contributed by atoms with Gasteiger partial charge in [-0.15, -0.1) is 6.58 Å². The zero-order valence-corrected chi connectivity index (χ0v) is 8.06. The van der Waals surface area contributed by atoms with E-state index >= 15 is 0 Å². The van der Waals surface area contributed by atoms with Crippen LogP contribution in [0.5, 0.6) is 0 Å². The van der Waals surface area contributed by atoms with Crippen molar-refractivity contribution in [3.8, 4) is 0 Å². The van der Waals surface area contributed by atoms with E-state index in [1.54, 1.807) is 6.08 Å². The average molecular weight is 197 g/mol. The molecular formula is C11H13F2N. The van der Waals surface area contributed by atoms with Crippen LogP contribution in [-0.4, -0.2) is 6.54 Å². The maximum atomic E-state index is 13.2. The standard InChI is InChI=1S/C11H13F2N/c1-3-6-14-8(2)10-5-4-9(12)7-11(10)13/h3-5,7-8,14H,1,6H2,2H3/t8-/m0/s1. The molecule has 0 radical (unpaired) electrons. The first kappa shape index (κ1) is 10.9.